The van der Waals surface area contributed by atoms with Gasteiger partial charge >= 0.3 is 0 Å². The summed E-state index contributed by atoms with van der Waals surface area (Å²) in [5.41, 5.74) is 3.46. The highest BCUT2D eigenvalue weighted by Gasteiger charge is 2.49. The molecule has 1 rings (SSSR count). The van der Waals surface area contributed by atoms with Crippen molar-refractivity contribution >= 4 is 0 Å². The van der Waals surface area contributed by atoms with Crippen molar-refractivity contribution in [1.29, 1.82) is 0 Å². The zero-order valence-corrected chi connectivity index (χ0v) is 8.84. The van der Waals surface area contributed by atoms with Gasteiger partial charge in [-0.05, 0) is 37.0 Å². The zero-order valence-electron chi connectivity index (χ0n) is 8.84. The molecule has 1 saturated carbocycles. The van der Waals surface area contributed by atoms with Crippen molar-refractivity contribution in [2.75, 3.05) is 0 Å². The first-order chi connectivity index (χ1) is 6.11. The van der Waals surface area contributed by atoms with Crippen LogP contribution in [-0.4, -0.2) is 6.04 Å². The molecule has 0 amide bonds. The van der Waals surface area contributed by atoms with Gasteiger partial charge in [0.25, 0.3) is 0 Å². The van der Waals surface area contributed by atoms with E-state index in [2.05, 4.69) is 25.9 Å². The first-order valence-corrected chi connectivity index (χ1v) is 5.19. The van der Waals surface area contributed by atoms with E-state index in [9.17, 15) is 0 Å². The standard InChI is InChI=1S/C11H22N2/c1-4-5-6-7-10(13-12)9-8-11(9,2)3/h4,9-10,13H,1,5-8,12H2,2-3H3. The Balaban J connectivity index is 2.24. The van der Waals surface area contributed by atoms with Gasteiger partial charge in [-0.3, -0.25) is 11.3 Å². The highest BCUT2D eigenvalue weighted by Crippen LogP contribution is 2.54. The summed E-state index contributed by atoms with van der Waals surface area (Å²) in [7, 11) is 0. The number of hydrazine groups is 1. The third-order valence-corrected chi connectivity index (χ3v) is 3.21. The van der Waals surface area contributed by atoms with Crippen LogP contribution >= 0.6 is 0 Å². The molecule has 0 spiro atoms. The Bertz CT molecular complexity index is 175. The maximum absolute atomic E-state index is 5.54. The summed E-state index contributed by atoms with van der Waals surface area (Å²) in [5.74, 6) is 6.32. The number of allylic oxidation sites excluding steroid dienone is 1. The lowest BCUT2D eigenvalue weighted by atomic mass is 10.00. The van der Waals surface area contributed by atoms with Crippen LogP contribution in [0.1, 0.15) is 39.5 Å². The van der Waals surface area contributed by atoms with Gasteiger partial charge in [-0.1, -0.05) is 19.9 Å². The number of unbranched alkanes of at least 4 members (excludes halogenated alkanes) is 1. The molecule has 0 radical (unpaired) electrons. The fourth-order valence-corrected chi connectivity index (χ4v) is 2.08. The van der Waals surface area contributed by atoms with Gasteiger partial charge in [0.05, 0.1) is 0 Å². The van der Waals surface area contributed by atoms with Crippen LogP contribution in [0.25, 0.3) is 0 Å². The topological polar surface area (TPSA) is 38.0 Å². The number of rotatable bonds is 6. The fourth-order valence-electron chi connectivity index (χ4n) is 2.08. The van der Waals surface area contributed by atoms with E-state index in [0.29, 0.717) is 11.5 Å². The zero-order chi connectivity index (χ0) is 9.90. The molecule has 2 heteroatoms. The van der Waals surface area contributed by atoms with Crippen molar-refractivity contribution in [3.8, 4) is 0 Å². The summed E-state index contributed by atoms with van der Waals surface area (Å²) in [6, 6.07) is 0.509. The van der Waals surface area contributed by atoms with E-state index in [1.165, 1.54) is 19.3 Å². The van der Waals surface area contributed by atoms with Crippen LogP contribution in [0, 0.1) is 11.3 Å². The molecule has 1 fully saturated rings. The number of hydrogen-bond acceptors (Lipinski definition) is 2. The monoisotopic (exact) mass is 182 g/mol. The molecule has 0 bridgehead atoms. The Morgan fingerprint density at radius 1 is 1.69 bits per heavy atom. The van der Waals surface area contributed by atoms with Crippen molar-refractivity contribution in [1.82, 2.24) is 5.43 Å². The lowest BCUT2D eigenvalue weighted by molar-refractivity contribution is 0.384. The first kappa shape index (κ1) is 10.7. The predicted molar refractivity (Wildman–Crippen MR) is 57.0 cm³/mol. The van der Waals surface area contributed by atoms with Crippen molar-refractivity contribution in [2.24, 2.45) is 17.2 Å². The van der Waals surface area contributed by atoms with Gasteiger partial charge in [0.1, 0.15) is 0 Å². The highest BCUT2D eigenvalue weighted by molar-refractivity contribution is 5.01. The van der Waals surface area contributed by atoms with Crippen LogP contribution < -0.4 is 11.3 Å². The third-order valence-electron chi connectivity index (χ3n) is 3.21. The molecule has 0 saturated heterocycles. The van der Waals surface area contributed by atoms with E-state index < -0.39 is 0 Å². The van der Waals surface area contributed by atoms with Gasteiger partial charge < -0.3 is 0 Å². The molecule has 2 unspecified atom stereocenters. The van der Waals surface area contributed by atoms with Crippen LogP contribution in [0.4, 0.5) is 0 Å². The van der Waals surface area contributed by atoms with E-state index in [0.717, 1.165) is 12.3 Å². The summed E-state index contributed by atoms with van der Waals surface area (Å²) in [4.78, 5) is 0. The molecule has 2 nitrogen and oxygen atoms in total. The second kappa shape index (κ2) is 4.25. The molecule has 76 valence electrons. The Morgan fingerprint density at radius 3 is 2.69 bits per heavy atom. The maximum atomic E-state index is 5.54. The lowest BCUT2D eigenvalue weighted by Crippen LogP contribution is -2.37. The predicted octanol–water partition coefficient (Wildman–Crippen LogP) is 2.22. The van der Waals surface area contributed by atoms with Gasteiger partial charge in [-0.25, -0.2) is 0 Å². The molecule has 0 aliphatic heterocycles. The molecule has 1 aliphatic carbocycles. The maximum Gasteiger partial charge on any atom is 0.0244 e. The Kier molecular flexibility index (Phi) is 3.51. The average molecular weight is 182 g/mol. The summed E-state index contributed by atoms with van der Waals surface area (Å²) < 4.78 is 0. The fraction of sp³-hybridized carbons (Fsp3) is 0.818. The minimum absolute atomic E-state index is 0.509. The Hall–Kier alpha value is -0.340. The molecule has 0 heterocycles. The van der Waals surface area contributed by atoms with E-state index >= 15 is 0 Å². The largest absolute Gasteiger partial charge is 0.271 e. The first-order valence-electron chi connectivity index (χ1n) is 5.19. The smallest absolute Gasteiger partial charge is 0.0244 e. The number of nitrogens with one attached hydrogen (secondary N) is 1. The summed E-state index contributed by atoms with van der Waals surface area (Å²) >= 11 is 0. The van der Waals surface area contributed by atoms with Crippen LogP contribution in [-0.2, 0) is 0 Å². The normalized spacial score (nSPS) is 26.8. The number of nitrogens with two attached hydrogens (primary N) is 1. The van der Waals surface area contributed by atoms with Crippen molar-refractivity contribution in [3.05, 3.63) is 12.7 Å². The Morgan fingerprint density at radius 2 is 2.31 bits per heavy atom. The molecule has 0 aromatic rings. The van der Waals surface area contributed by atoms with Gasteiger partial charge in [-0.15, -0.1) is 6.58 Å². The molecule has 0 aromatic heterocycles. The van der Waals surface area contributed by atoms with Gasteiger partial charge in [0, 0.05) is 6.04 Å². The average Bonchev–Trinajstić information content (AvgIpc) is 2.69. The summed E-state index contributed by atoms with van der Waals surface area (Å²) in [5, 5.41) is 0. The quantitative estimate of drug-likeness (QED) is 0.286. The highest BCUT2D eigenvalue weighted by atomic mass is 15.2. The number of hydrogen-bond donors (Lipinski definition) is 2. The molecular weight excluding hydrogens is 160 g/mol. The minimum Gasteiger partial charge on any atom is -0.271 e. The van der Waals surface area contributed by atoms with Crippen LogP contribution in [0.3, 0.4) is 0 Å². The molecule has 13 heavy (non-hydrogen) atoms. The van der Waals surface area contributed by atoms with E-state index in [1.54, 1.807) is 0 Å². The second-order valence-electron chi connectivity index (χ2n) is 4.79. The van der Waals surface area contributed by atoms with Crippen molar-refractivity contribution < 1.29 is 0 Å². The minimum atomic E-state index is 0.509. The molecule has 0 aromatic carbocycles. The van der Waals surface area contributed by atoms with Crippen LogP contribution in [0.5, 0.6) is 0 Å². The molecular formula is C11H22N2. The van der Waals surface area contributed by atoms with Crippen LogP contribution in [0.15, 0.2) is 12.7 Å². The van der Waals surface area contributed by atoms with Gasteiger partial charge in [-0.2, -0.15) is 0 Å². The summed E-state index contributed by atoms with van der Waals surface area (Å²) in [6.07, 6.45) is 6.77. The van der Waals surface area contributed by atoms with Crippen molar-refractivity contribution in [3.63, 3.8) is 0 Å². The third kappa shape index (κ3) is 2.82. The van der Waals surface area contributed by atoms with Crippen LogP contribution in [0.2, 0.25) is 0 Å². The second-order valence-corrected chi connectivity index (χ2v) is 4.79. The molecule has 3 N–H and O–H groups in total. The molecule has 2 atom stereocenters. The lowest BCUT2D eigenvalue weighted by Gasteiger charge is -2.16. The molecule has 1 aliphatic rings. The van der Waals surface area contributed by atoms with Gasteiger partial charge in [0.2, 0.25) is 0 Å². The van der Waals surface area contributed by atoms with E-state index in [-0.39, 0.29) is 0 Å². The SMILES string of the molecule is C=CCCCC(NN)C1CC1(C)C. The summed E-state index contributed by atoms with van der Waals surface area (Å²) in [6.45, 7) is 8.35. The van der Waals surface area contributed by atoms with E-state index in [4.69, 9.17) is 5.84 Å². The van der Waals surface area contributed by atoms with Gasteiger partial charge in [0.15, 0.2) is 0 Å². The Labute approximate surface area is 81.6 Å². The van der Waals surface area contributed by atoms with Crippen molar-refractivity contribution in [2.45, 2.75) is 45.6 Å². The van der Waals surface area contributed by atoms with E-state index in [1.807, 2.05) is 6.08 Å².